The lowest BCUT2D eigenvalue weighted by atomic mass is 10.0. The molecule has 234 valence electrons. The van der Waals surface area contributed by atoms with Crippen molar-refractivity contribution in [3.8, 4) is 0 Å². The molecule has 0 bridgehead atoms. The molecule has 0 aromatic carbocycles. The smallest absolute Gasteiger partial charge is 0.417 e. The fourth-order valence-corrected chi connectivity index (χ4v) is 5.45. The molecule has 1 aliphatic heterocycles. The van der Waals surface area contributed by atoms with Crippen LogP contribution in [0.4, 0.5) is 4.79 Å². The van der Waals surface area contributed by atoms with Gasteiger partial charge in [0.05, 0.1) is 19.3 Å². The molecule has 0 N–H and O–H groups in total. The van der Waals surface area contributed by atoms with Crippen molar-refractivity contribution in [2.24, 2.45) is 13.0 Å². The van der Waals surface area contributed by atoms with Crippen LogP contribution in [0.2, 0.25) is 0 Å². The maximum Gasteiger partial charge on any atom is 0.417 e. The maximum absolute atomic E-state index is 12.6. The molecular formula is C34H59N2O5+. The molecule has 1 aliphatic rings. The summed E-state index contributed by atoms with van der Waals surface area (Å²) in [6, 6.07) is 5.67. The van der Waals surface area contributed by atoms with E-state index >= 15 is 0 Å². The third kappa shape index (κ3) is 16.3. The van der Waals surface area contributed by atoms with E-state index in [0.29, 0.717) is 19.1 Å². The fourth-order valence-electron chi connectivity index (χ4n) is 5.45. The Morgan fingerprint density at radius 1 is 0.878 bits per heavy atom. The number of rotatable bonds is 23. The summed E-state index contributed by atoms with van der Waals surface area (Å²) in [7, 11) is 1.88. The van der Waals surface area contributed by atoms with Gasteiger partial charge in [-0.3, -0.25) is 4.79 Å². The lowest BCUT2D eigenvalue weighted by molar-refractivity contribution is -0.679. The highest BCUT2D eigenvalue weighted by Crippen LogP contribution is 2.21. The van der Waals surface area contributed by atoms with Crippen molar-refractivity contribution in [3.63, 3.8) is 0 Å². The van der Waals surface area contributed by atoms with E-state index in [4.69, 9.17) is 14.2 Å². The van der Waals surface area contributed by atoms with E-state index in [1.807, 2.05) is 36.0 Å². The van der Waals surface area contributed by atoms with Gasteiger partial charge in [-0.2, -0.15) is 0 Å². The molecule has 1 aromatic heterocycles. The normalized spacial score (nSPS) is 16.7. The second-order valence-corrected chi connectivity index (χ2v) is 11.9. The van der Waals surface area contributed by atoms with E-state index in [9.17, 15) is 9.59 Å². The summed E-state index contributed by atoms with van der Waals surface area (Å²) in [5.41, 5.74) is 0.846. The SMILES string of the molecule is CCCCCCCCCCCCCCCCCCOC[C@@H]1CO[C@@H](COC(=O)N(Cc2cccc[n+]2C)C(C)=O)C1. The Morgan fingerprint density at radius 2 is 1.46 bits per heavy atom. The van der Waals surface area contributed by atoms with E-state index in [-0.39, 0.29) is 25.2 Å². The summed E-state index contributed by atoms with van der Waals surface area (Å²) in [4.78, 5) is 25.8. The number of carbonyl (C=O) groups excluding carboxylic acids is 2. The number of amides is 2. The van der Waals surface area contributed by atoms with E-state index in [1.54, 1.807) is 0 Å². The molecule has 2 amide bonds. The van der Waals surface area contributed by atoms with Crippen molar-refractivity contribution in [2.45, 2.75) is 136 Å². The van der Waals surface area contributed by atoms with Crippen LogP contribution in [0.25, 0.3) is 0 Å². The number of hydrogen-bond acceptors (Lipinski definition) is 5. The Labute approximate surface area is 250 Å². The van der Waals surface area contributed by atoms with Crippen LogP contribution in [-0.2, 0) is 32.6 Å². The number of unbranched alkanes of at least 4 members (excludes halogenated alkanes) is 15. The first-order chi connectivity index (χ1) is 20.0. The number of aromatic nitrogens is 1. The maximum atomic E-state index is 12.6. The molecule has 0 unspecified atom stereocenters. The Morgan fingerprint density at radius 3 is 2.02 bits per heavy atom. The van der Waals surface area contributed by atoms with Gasteiger partial charge in [0.25, 0.3) is 0 Å². The van der Waals surface area contributed by atoms with Crippen LogP contribution in [0.1, 0.15) is 129 Å². The molecule has 1 saturated heterocycles. The van der Waals surface area contributed by atoms with Crippen molar-refractivity contribution in [1.29, 1.82) is 0 Å². The standard InChI is InChI=1S/C34H59N2O5/c1-4-5-6-7-8-9-10-11-12-13-14-15-16-17-18-21-24-39-27-31-25-33(40-28-31)29-41-34(38)36(30(2)37)26-32-22-19-20-23-35(32)3/h19-20,22-23,31,33H,4-18,21,24-29H2,1-3H3/q+1/t31-,33-/m1/s1. The van der Waals surface area contributed by atoms with Gasteiger partial charge < -0.3 is 14.2 Å². The summed E-state index contributed by atoms with van der Waals surface area (Å²) in [6.45, 7) is 6.10. The van der Waals surface area contributed by atoms with E-state index < -0.39 is 6.09 Å². The molecular weight excluding hydrogens is 516 g/mol. The Bertz CT molecular complexity index is 833. The Kier molecular flexibility index (Phi) is 19.4. The molecule has 7 nitrogen and oxygen atoms in total. The predicted molar refractivity (Wildman–Crippen MR) is 163 cm³/mol. The average molecular weight is 576 g/mol. The molecule has 0 saturated carbocycles. The zero-order valence-electron chi connectivity index (χ0n) is 26.5. The minimum absolute atomic E-state index is 0.148. The van der Waals surface area contributed by atoms with Crippen molar-refractivity contribution < 1.29 is 28.4 Å². The fraction of sp³-hybridized carbons (Fsp3) is 0.794. The van der Waals surface area contributed by atoms with Crippen LogP contribution in [0, 0.1) is 5.92 Å². The highest BCUT2D eigenvalue weighted by Gasteiger charge is 2.29. The van der Waals surface area contributed by atoms with Gasteiger partial charge in [-0.25, -0.2) is 14.3 Å². The minimum atomic E-state index is -0.631. The molecule has 1 aromatic rings. The molecule has 2 rings (SSSR count). The number of pyridine rings is 1. The van der Waals surface area contributed by atoms with Gasteiger partial charge in [0.2, 0.25) is 11.6 Å². The first-order valence-corrected chi connectivity index (χ1v) is 16.6. The number of aryl methyl sites for hydroxylation is 1. The van der Waals surface area contributed by atoms with Crippen LogP contribution in [-0.4, -0.2) is 49.4 Å². The van der Waals surface area contributed by atoms with Crippen molar-refractivity contribution in [2.75, 3.05) is 26.4 Å². The predicted octanol–water partition coefficient (Wildman–Crippen LogP) is 7.68. The van der Waals surface area contributed by atoms with Crippen molar-refractivity contribution in [3.05, 3.63) is 30.1 Å². The number of ether oxygens (including phenoxy) is 3. The summed E-state index contributed by atoms with van der Waals surface area (Å²) in [6.07, 6.45) is 23.9. The average Bonchev–Trinajstić information content (AvgIpc) is 3.42. The molecule has 0 aliphatic carbocycles. The van der Waals surface area contributed by atoms with Crippen LogP contribution in [0.5, 0.6) is 0 Å². The third-order valence-corrected chi connectivity index (χ3v) is 8.14. The topological polar surface area (TPSA) is 69.0 Å². The molecule has 7 heteroatoms. The molecule has 1 fully saturated rings. The minimum Gasteiger partial charge on any atom is -0.446 e. The molecule has 0 spiro atoms. The van der Waals surface area contributed by atoms with Crippen LogP contribution in [0.3, 0.4) is 0 Å². The van der Waals surface area contributed by atoms with Crippen LogP contribution < -0.4 is 4.57 Å². The quantitative estimate of drug-likeness (QED) is 0.0989. The molecule has 2 atom stereocenters. The summed E-state index contributed by atoms with van der Waals surface area (Å²) in [5, 5.41) is 0. The second-order valence-electron chi connectivity index (χ2n) is 11.9. The summed E-state index contributed by atoms with van der Waals surface area (Å²) < 4.78 is 19.1. The van der Waals surface area contributed by atoms with Gasteiger partial charge >= 0.3 is 6.09 Å². The van der Waals surface area contributed by atoms with Crippen LogP contribution >= 0.6 is 0 Å². The second kappa shape index (κ2) is 22.6. The summed E-state index contributed by atoms with van der Waals surface area (Å²) >= 11 is 0. The lowest BCUT2D eigenvalue weighted by Crippen LogP contribution is -2.42. The molecule has 41 heavy (non-hydrogen) atoms. The Hall–Kier alpha value is -1.99. The van der Waals surface area contributed by atoms with E-state index in [2.05, 4.69) is 6.92 Å². The van der Waals surface area contributed by atoms with Crippen molar-refractivity contribution >= 4 is 12.0 Å². The highest BCUT2D eigenvalue weighted by molar-refractivity contribution is 5.90. The van der Waals surface area contributed by atoms with E-state index in [1.165, 1.54) is 103 Å². The Balaban J connectivity index is 1.40. The molecule has 0 radical (unpaired) electrons. The van der Waals surface area contributed by atoms with E-state index in [0.717, 1.165) is 30.0 Å². The number of nitrogens with zero attached hydrogens (tertiary/aromatic N) is 2. The number of imide groups is 1. The van der Waals surface area contributed by atoms with Gasteiger partial charge in [-0.05, 0) is 12.8 Å². The van der Waals surface area contributed by atoms with Crippen molar-refractivity contribution in [1.82, 2.24) is 4.90 Å². The zero-order chi connectivity index (χ0) is 29.5. The monoisotopic (exact) mass is 575 g/mol. The summed E-state index contributed by atoms with van der Waals surface area (Å²) in [5.74, 6) is -0.0152. The van der Waals surface area contributed by atoms with Crippen LogP contribution in [0.15, 0.2) is 24.4 Å². The van der Waals surface area contributed by atoms with Gasteiger partial charge in [0.15, 0.2) is 6.20 Å². The third-order valence-electron chi connectivity index (χ3n) is 8.14. The van der Waals surface area contributed by atoms with Gasteiger partial charge in [0, 0.05) is 31.6 Å². The first-order valence-electron chi connectivity index (χ1n) is 16.6. The van der Waals surface area contributed by atoms with Gasteiger partial charge in [-0.15, -0.1) is 0 Å². The number of hydrogen-bond donors (Lipinski definition) is 0. The lowest BCUT2D eigenvalue weighted by Gasteiger charge is -2.19. The van der Waals surface area contributed by atoms with Gasteiger partial charge in [0.1, 0.15) is 20.2 Å². The number of carbonyl (C=O) groups is 2. The first kappa shape index (κ1) is 35.2. The largest absolute Gasteiger partial charge is 0.446 e. The van der Waals surface area contributed by atoms with Gasteiger partial charge in [-0.1, -0.05) is 109 Å². The molecule has 2 heterocycles. The zero-order valence-corrected chi connectivity index (χ0v) is 26.5. The highest BCUT2D eigenvalue weighted by atomic mass is 16.6.